The van der Waals surface area contributed by atoms with Gasteiger partial charge in [0.2, 0.25) is 11.9 Å². The molecular weight excluding hydrogens is 382 g/mol. The van der Waals surface area contributed by atoms with Crippen LogP contribution in [0.2, 0.25) is 0 Å². The number of para-hydroxylation sites is 1. The summed E-state index contributed by atoms with van der Waals surface area (Å²) < 4.78 is 5.71. The van der Waals surface area contributed by atoms with Crippen molar-refractivity contribution >= 4 is 40.7 Å². The van der Waals surface area contributed by atoms with Crippen molar-refractivity contribution in [2.24, 2.45) is 0 Å². The van der Waals surface area contributed by atoms with E-state index in [9.17, 15) is 0 Å². The number of nitrogens with zero attached hydrogens (tertiary/aromatic N) is 5. The Morgan fingerprint density at radius 2 is 1.93 bits per heavy atom. The molecule has 0 spiro atoms. The zero-order valence-electron chi connectivity index (χ0n) is 14.2. The molecule has 4 aromatic rings. The molecule has 1 atom stereocenters. The standard InChI is InChI=1S/C17H15N7OS2/c1-10(27-17-24-23-14(25-17)12-8-5-9-26-12)13-20-15(18)22-16(21-13)19-11-6-3-2-4-7-11/h2-10H,1H3,(H3,18,19,20,21,22). The summed E-state index contributed by atoms with van der Waals surface area (Å²) in [6, 6.07) is 13.5. The van der Waals surface area contributed by atoms with Gasteiger partial charge < -0.3 is 15.5 Å². The van der Waals surface area contributed by atoms with Gasteiger partial charge in [-0.15, -0.1) is 21.5 Å². The molecule has 10 heteroatoms. The highest BCUT2D eigenvalue weighted by atomic mass is 32.2. The van der Waals surface area contributed by atoms with Crippen molar-refractivity contribution in [3.8, 4) is 10.8 Å². The van der Waals surface area contributed by atoms with Gasteiger partial charge in [-0.05, 0) is 30.5 Å². The van der Waals surface area contributed by atoms with E-state index in [0.717, 1.165) is 10.6 Å². The molecule has 1 aromatic carbocycles. The fourth-order valence-electron chi connectivity index (χ4n) is 2.26. The predicted molar refractivity (Wildman–Crippen MR) is 106 cm³/mol. The lowest BCUT2D eigenvalue weighted by atomic mass is 10.3. The fourth-order valence-corrected chi connectivity index (χ4v) is 3.63. The van der Waals surface area contributed by atoms with Crippen molar-refractivity contribution in [1.82, 2.24) is 25.1 Å². The van der Waals surface area contributed by atoms with Crippen LogP contribution in [0.1, 0.15) is 18.0 Å². The molecule has 8 nitrogen and oxygen atoms in total. The molecule has 3 heterocycles. The molecule has 3 N–H and O–H groups in total. The molecule has 0 amide bonds. The topological polar surface area (TPSA) is 116 Å². The molecule has 3 aromatic heterocycles. The van der Waals surface area contributed by atoms with Crippen LogP contribution in [0.4, 0.5) is 17.6 Å². The number of thiophene rings is 1. The summed E-state index contributed by atoms with van der Waals surface area (Å²) in [5, 5.41) is 13.5. The van der Waals surface area contributed by atoms with Crippen LogP contribution < -0.4 is 11.1 Å². The zero-order chi connectivity index (χ0) is 18.6. The van der Waals surface area contributed by atoms with Crippen molar-refractivity contribution in [3.63, 3.8) is 0 Å². The monoisotopic (exact) mass is 397 g/mol. The number of thioether (sulfide) groups is 1. The summed E-state index contributed by atoms with van der Waals surface area (Å²) in [4.78, 5) is 13.8. The second kappa shape index (κ2) is 7.72. The van der Waals surface area contributed by atoms with E-state index in [0.29, 0.717) is 22.9 Å². The summed E-state index contributed by atoms with van der Waals surface area (Å²) in [5.41, 5.74) is 6.72. The first kappa shape index (κ1) is 17.4. The second-order valence-corrected chi connectivity index (χ2v) is 7.72. The maximum atomic E-state index is 5.85. The molecule has 0 saturated carbocycles. The minimum atomic E-state index is -0.150. The number of nitrogens with one attached hydrogen (secondary N) is 1. The molecular formula is C17H15N7OS2. The number of hydrogen-bond donors (Lipinski definition) is 2. The molecule has 0 radical (unpaired) electrons. The Labute approximate surface area is 163 Å². The average molecular weight is 397 g/mol. The normalized spacial score (nSPS) is 12.0. The highest BCUT2D eigenvalue weighted by molar-refractivity contribution is 7.99. The quantitative estimate of drug-likeness (QED) is 0.462. The summed E-state index contributed by atoms with van der Waals surface area (Å²) in [7, 11) is 0. The van der Waals surface area contributed by atoms with E-state index < -0.39 is 0 Å². The van der Waals surface area contributed by atoms with Crippen LogP contribution in [0, 0.1) is 0 Å². The lowest BCUT2D eigenvalue weighted by molar-refractivity contribution is 0.465. The number of rotatable bonds is 6. The summed E-state index contributed by atoms with van der Waals surface area (Å²) in [6.07, 6.45) is 0. The van der Waals surface area contributed by atoms with Crippen LogP contribution >= 0.6 is 23.1 Å². The van der Waals surface area contributed by atoms with Gasteiger partial charge in [0.15, 0.2) is 0 Å². The van der Waals surface area contributed by atoms with Gasteiger partial charge in [-0.25, -0.2) is 0 Å². The lowest BCUT2D eigenvalue weighted by Crippen LogP contribution is -2.08. The first-order chi connectivity index (χ1) is 13.2. The zero-order valence-corrected chi connectivity index (χ0v) is 15.9. The number of hydrogen-bond acceptors (Lipinski definition) is 10. The molecule has 0 saturated heterocycles. The van der Waals surface area contributed by atoms with Gasteiger partial charge in [-0.3, -0.25) is 0 Å². The Kier molecular flexibility index (Phi) is 4.99. The van der Waals surface area contributed by atoms with Crippen LogP contribution in [0.25, 0.3) is 10.8 Å². The van der Waals surface area contributed by atoms with E-state index in [-0.39, 0.29) is 11.2 Å². The van der Waals surface area contributed by atoms with E-state index in [4.69, 9.17) is 10.2 Å². The van der Waals surface area contributed by atoms with Gasteiger partial charge in [0.25, 0.3) is 11.1 Å². The van der Waals surface area contributed by atoms with Gasteiger partial charge in [-0.1, -0.05) is 36.0 Å². The SMILES string of the molecule is CC(Sc1nnc(-c2cccs2)o1)c1nc(N)nc(Nc2ccccc2)n1. The third-order valence-corrected chi connectivity index (χ3v) is 5.27. The molecule has 136 valence electrons. The average Bonchev–Trinajstić information content (AvgIpc) is 3.33. The number of benzene rings is 1. The molecule has 0 aliphatic carbocycles. The number of nitrogens with two attached hydrogens (primary N) is 1. The Hall–Kier alpha value is -2.98. The molecule has 27 heavy (non-hydrogen) atoms. The predicted octanol–water partition coefficient (Wildman–Crippen LogP) is 4.16. The van der Waals surface area contributed by atoms with Gasteiger partial charge in [-0.2, -0.15) is 15.0 Å². The molecule has 4 rings (SSSR count). The lowest BCUT2D eigenvalue weighted by Gasteiger charge is -2.10. The van der Waals surface area contributed by atoms with Crippen LogP contribution in [0.5, 0.6) is 0 Å². The number of nitrogen functional groups attached to an aromatic ring is 1. The Balaban J connectivity index is 1.51. The van der Waals surface area contributed by atoms with Crippen molar-refractivity contribution in [2.75, 3.05) is 11.1 Å². The molecule has 0 fully saturated rings. The third-order valence-electron chi connectivity index (χ3n) is 3.48. The Morgan fingerprint density at radius 1 is 1.07 bits per heavy atom. The van der Waals surface area contributed by atoms with Crippen LogP contribution in [0.15, 0.2) is 57.5 Å². The molecule has 1 unspecified atom stereocenters. The molecule has 0 bridgehead atoms. The minimum absolute atomic E-state index is 0.149. The van der Waals surface area contributed by atoms with Gasteiger partial charge in [0, 0.05) is 5.69 Å². The van der Waals surface area contributed by atoms with Gasteiger partial charge >= 0.3 is 0 Å². The third kappa shape index (κ3) is 4.23. The van der Waals surface area contributed by atoms with E-state index in [1.165, 1.54) is 11.8 Å². The summed E-state index contributed by atoms with van der Waals surface area (Å²) in [5.74, 6) is 1.57. The maximum Gasteiger partial charge on any atom is 0.277 e. The van der Waals surface area contributed by atoms with Crippen LogP contribution in [-0.2, 0) is 0 Å². The Bertz CT molecular complexity index is 1020. The largest absolute Gasteiger partial charge is 0.410 e. The van der Waals surface area contributed by atoms with E-state index in [2.05, 4.69) is 30.5 Å². The smallest absolute Gasteiger partial charge is 0.277 e. The Morgan fingerprint density at radius 3 is 2.70 bits per heavy atom. The van der Waals surface area contributed by atoms with Crippen molar-refractivity contribution < 1.29 is 4.42 Å². The van der Waals surface area contributed by atoms with E-state index >= 15 is 0 Å². The van der Waals surface area contributed by atoms with Gasteiger partial charge in [0.05, 0.1) is 10.1 Å². The van der Waals surface area contributed by atoms with Crippen LogP contribution in [0.3, 0.4) is 0 Å². The second-order valence-electron chi connectivity index (χ2n) is 5.48. The highest BCUT2D eigenvalue weighted by Gasteiger charge is 2.18. The van der Waals surface area contributed by atoms with E-state index in [1.54, 1.807) is 11.3 Å². The minimum Gasteiger partial charge on any atom is -0.410 e. The maximum absolute atomic E-state index is 5.85. The highest BCUT2D eigenvalue weighted by Crippen LogP contribution is 2.34. The first-order valence-electron chi connectivity index (χ1n) is 8.05. The van der Waals surface area contributed by atoms with Crippen LogP contribution in [-0.4, -0.2) is 25.1 Å². The first-order valence-corrected chi connectivity index (χ1v) is 9.81. The molecule has 0 aliphatic heterocycles. The number of anilines is 3. The fraction of sp³-hybridized carbons (Fsp3) is 0.118. The van der Waals surface area contributed by atoms with Crippen molar-refractivity contribution in [3.05, 3.63) is 53.7 Å². The van der Waals surface area contributed by atoms with Gasteiger partial charge in [0.1, 0.15) is 5.82 Å². The van der Waals surface area contributed by atoms with Crippen molar-refractivity contribution in [2.45, 2.75) is 17.4 Å². The number of aromatic nitrogens is 5. The van der Waals surface area contributed by atoms with E-state index in [1.807, 2.05) is 54.8 Å². The summed E-state index contributed by atoms with van der Waals surface area (Å²) in [6.45, 7) is 1.95. The molecule has 0 aliphatic rings. The summed E-state index contributed by atoms with van der Waals surface area (Å²) >= 11 is 2.91. The van der Waals surface area contributed by atoms with Crippen molar-refractivity contribution in [1.29, 1.82) is 0 Å².